The topological polar surface area (TPSA) is 130 Å². The Labute approximate surface area is 164 Å². The molecule has 0 heterocycles. The van der Waals surface area contributed by atoms with Gasteiger partial charge in [-0.15, -0.1) is 0 Å². The van der Waals surface area contributed by atoms with Gasteiger partial charge in [0.15, 0.2) is 0 Å². The lowest BCUT2D eigenvalue weighted by Gasteiger charge is -2.19. The van der Waals surface area contributed by atoms with Crippen LogP contribution in [0.5, 0.6) is 0 Å². The van der Waals surface area contributed by atoms with Crippen molar-refractivity contribution in [3.8, 4) is 0 Å². The molecule has 0 fully saturated rings. The highest BCUT2D eigenvalue weighted by atomic mass is 32.2. The number of sulfonamides is 1. The maximum absolute atomic E-state index is 12.2. The van der Waals surface area contributed by atoms with Crippen molar-refractivity contribution in [2.75, 3.05) is 19.6 Å². The van der Waals surface area contributed by atoms with Gasteiger partial charge in [-0.1, -0.05) is 42.5 Å². The van der Waals surface area contributed by atoms with Gasteiger partial charge in [0.25, 0.3) is 0 Å². The number of hydrogen-bond donors (Lipinski definition) is 3. The standard InChI is InChI=1S/C19H23N3O5S/c20-28(26,27)17-8-6-15(7-9-17)10-11-21-18(23)13-22(14-19(24)25)12-16-4-2-1-3-5-16/h1-9H,10-14H2,(H,21,23)(H,24,25)(H2,20,26,27). The van der Waals surface area contributed by atoms with E-state index in [0.717, 1.165) is 11.1 Å². The van der Waals surface area contributed by atoms with Crippen LogP contribution in [0.3, 0.4) is 0 Å². The normalized spacial score (nSPS) is 11.4. The van der Waals surface area contributed by atoms with Gasteiger partial charge in [0.05, 0.1) is 18.0 Å². The van der Waals surface area contributed by atoms with E-state index in [-0.39, 0.29) is 23.9 Å². The number of carboxylic acid groups (broad SMARTS) is 1. The van der Waals surface area contributed by atoms with E-state index in [9.17, 15) is 18.0 Å². The third-order valence-corrected chi connectivity index (χ3v) is 4.89. The summed E-state index contributed by atoms with van der Waals surface area (Å²) in [5, 5.41) is 16.9. The minimum atomic E-state index is -3.73. The third kappa shape index (κ3) is 7.47. The summed E-state index contributed by atoms with van der Waals surface area (Å²) >= 11 is 0. The lowest BCUT2D eigenvalue weighted by Crippen LogP contribution is -2.40. The number of nitrogens with zero attached hydrogens (tertiary/aromatic N) is 1. The van der Waals surface area contributed by atoms with Crippen LogP contribution >= 0.6 is 0 Å². The molecule has 150 valence electrons. The number of aliphatic carboxylic acids is 1. The Hall–Kier alpha value is -2.75. The molecule has 2 aromatic rings. The molecule has 4 N–H and O–H groups in total. The smallest absolute Gasteiger partial charge is 0.317 e. The molecule has 2 rings (SSSR count). The summed E-state index contributed by atoms with van der Waals surface area (Å²) in [6, 6.07) is 15.4. The van der Waals surface area contributed by atoms with Crippen LogP contribution < -0.4 is 10.5 Å². The number of primary sulfonamides is 1. The molecular formula is C19H23N3O5S. The number of nitrogens with two attached hydrogens (primary N) is 1. The molecule has 0 aliphatic carbocycles. The van der Waals surface area contributed by atoms with Gasteiger partial charge < -0.3 is 10.4 Å². The van der Waals surface area contributed by atoms with Gasteiger partial charge in [-0.3, -0.25) is 14.5 Å². The fourth-order valence-electron chi connectivity index (χ4n) is 2.65. The van der Waals surface area contributed by atoms with Crippen LogP contribution in [-0.2, 0) is 32.6 Å². The molecule has 9 heteroatoms. The van der Waals surface area contributed by atoms with Crippen LogP contribution in [0.4, 0.5) is 0 Å². The molecule has 0 aromatic heterocycles. The molecular weight excluding hydrogens is 382 g/mol. The third-order valence-electron chi connectivity index (χ3n) is 3.96. The zero-order valence-electron chi connectivity index (χ0n) is 15.2. The van der Waals surface area contributed by atoms with Crippen LogP contribution in [0.15, 0.2) is 59.5 Å². The second-order valence-corrected chi connectivity index (χ2v) is 7.87. The number of nitrogens with one attached hydrogen (secondary N) is 1. The van der Waals surface area contributed by atoms with Gasteiger partial charge in [0, 0.05) is 13.1 Å². The molecule has 0 atom stereocenters. The van der Waals surface area contributed by atoms with Crippen molar-refractivity contribution < 1.29 is 23.1 Å². The zero-order valence-corrected chi connectivity index (χ0v) is 16.1. The van der Waals surface area contributed by atoms with Gasteiger partial charge in [-0.05, 0) is 29.7 Å². The van der Waals surface area contributed by atoms with Crippen LogP contribution in [0.1, 0.15) is 11.1 Å². The number of carbonyl (C=O) groups is 2. The lowest BCUT2D eigenvalue weighted by molar-refractivity contribution is -0.138. The van der Waals surface area contributed by atoms with E-state index in [1.165, 1.54) is 12.1 Å². The maximum Gasteiger partial charge on any atom is 0.317 e. The van der Waals surface area contributed by atoms with Gasteiger partial charge in [-0.2, -0.15) is 0 Å². The summed E-state index contributed by atoms with van der Waals surface area (Å²) in [6.07, 6.45) is 0.508. The molecule has 0 aliphatic heterocycles. The van der Waals surface area contributed by atoms with Crippen molar-refractivity contribution in [3.05, 3.63) is 65.7 Å². The minimum absolute atomic E-state index is 0.0329. The van der Waals surface area contributed by atoms with Crippen LogP contribution in [0, 0.1) is 0 Å². The van der Waals surface area contributed by atoms with Crippen molar-refractivity contribution in [2.24, 2.45) is 5.14 Å². The summed E-state index contributed by atoms with van der Waals surface area (Å²) in [7, 11) is -3.73. The molecule has 28 heavy (non-hydrogen) atoms. The highest BCUT2D eigenvalue weighted by molar-refractivity contribution is 7.89. The van der Waals surface area contributed by atoms with Crippen molar-refractivity contribution in [1.82, 2.24) is 10.2 Å². The van der Waals surface area contributed by atoms with Gasteiger partial charge in [0.1, 0.15) is 0 Å². The molecule has 0 radical (unpaired) electrons. The molecule has 0 saturated carbocycles. The molecule has 0 saturated heterocycles. The molecule has 0 unspecified atom stereocenters. The fourth-order valence-corrected chi connectivity index (χ4v) is 3.17. The van der Waals surface area contributed by atoms with Gasteiger partial charge in [0.2, 0.25) is 15.9 Å². The number of carbonyl (C=O) groups excluding carboxylic acids is 1. The first kappa shape index (κ1) is 21.5. The molecule has 0 spiro atoms. The Morgan fingerprint density at radius 1 is 0.964 bits per heavy atom. The SMILES string of the molecule is NS(=O)(=O)c1ccc(CCNC(=O)CN(CC(=O)O)Cc2ccccc2)cc1. The number of rotatable bonds is 10. The van der Waals surface area contributed by atoms with Crippen molar-refractivity contribution in [3.63, 3.8) is 0 Å². The lowest BCUT2D eigenvalue weighted by atomic mass is 10.1. The van der Waals surface area contributed by atoms with Crippen LogP contribution in [-0.4, -0.2) is 49.9 Å². The number of hydrogen-bond acceptors (Lipinski definition) is 5. The Balaban J connectivity index is 1.84. The van der Waals surface area contributed by atoms with Crippen molar-refractivity contribution in [2.45, 2.75) is 17.9 Å². The average molecular weight is 405 g/mol. The Morgan fingerprint density at radius 2 is 1.61 bits per heavy atom. The number of benzene rings is 2. The van der Waals surface area contributed by atoms with Crippen LogP contribution in [0.2, 0.25) is 0 Å². The van der Waals surface area contributed by atoms with E-state index in [1.807, 2.05) is 30.3 Å². The average Bonchev–Trinajstić information content (AvgIpc) is 2.61. The Morgan fingerprint density at radius 3 is 2.18 bits per heavy atom. The molecule has 1 amide bonds. The predicted octanol–water partition coefficient (Wildman–Crippen LogP) is 0.580. The van der Waals surface area contributed by atoms with Gasteiger partial charge >= 0.3 is 5.97 Å². The summed E-state index contributed by atoms with van der Waals surface area (Å²) in [4.78, 5) is 24.8. The molecule has 0 aliphatic rings. The summed E-state index contributed by atoms with van der Waals surface area (Å²) in [6.45, 7) is 0.429. The predicted molar refractivity (Wildman–Crippen MR) is 104 cm³/mol. The van der Waals surface area contributed by atoms with Crippen molar-refractivity contribution >= 4 is 21.9 Å². The molecule has 8 nitrogen and oxygen atoms in total. The summed E-state index contributed by atoms with van der Waals surface area (Å²) in [5.74, 6) is -1.28. The highest BCUT2D eigenvalue weighted by Gasteiger charge is 2.14. The monoisotopic (exact) mass is 405 g/mol. The largest absolute Gasteiger partial charge is 0.480 e. The van der Waals surface area contributed by atoms with Crippen molar-refractivity contribution in [1.29, 1.82) is 0 Å². The van der Waals surface area contributed by atoms with E-state index in [0.29, 0.717) is 19.5 Å². The van der Waals surface area contributed by atoms with Crippen LogP contribution in [0.25, 0.3) is 0 Å². The Bertz CT molecular complexity index is 899. The molecule has 2 aromatic carbocycles. The zero-order chi connectivity index (χ0) is 20.6. The molecule has 0 bridgehead atoms. The second kappa shape index (κ2) is 9.98. The summed E-state index contributed by atoms with van der Waals surface area (Å²) < 4.78 is 22.5. The number of carboxylic acids is 1. The highest BCUT2D eigenvalue weighted by Crippen LogP contribution is 2.09. The maximum atomic E-state index is 12.2. The fraction of sp³-hybridized carbons (Fsp3) is 0.263. The first-order valence-electron chi connectivity index (χ1n) is 8.60. The number of amides is 1. The van der Waals surface area contributed by atoms with E-state index in [4.69, 9.17) is 10.2 Å². The first-order valence-corrected chi connectivity index (χ1v) is 10.1. The van der Waals surface area contributed by atoms with E-state index >= 15 is 0 Å². The summed E-state index contributed by atoms with van der Waals surface area (Å²) in [5.41, 5.74) is 1.77. The Kier molecular flexibility index (Phi) is 7.68. The van der Waals surface area contributed by atoms with Gasteiger partial charge in [-0.25, -0.2) is 13.6 Å². The minimum Gasteiger partial charge on any atom is -0.480 e. The quantitative estimate of drug-likeness (QED) is 0.530. The van der Waals surface area contributed by atoms with E-state index < -0.39 is 16.0 Å². The second-order valence-electron chi connectivity index (χ2n) is 6.31. The first-order chi connectivity index (χ1) is 13.2. The van der Waals surface area contributed by atoms with E-state index in [2.05, 4.69) is 5.32 Å². The van der Waals surface area contributed by atoms with E-state index in [1.54, 1.807) is 17.0 Å².